The van der Waals surface area contributed by atoms with Crippen molar-refractivity contribution >= 4 is 50.0 Å². The molecule has 0 fully saturated rings. The number of hydrogen-bond acceptors (Lipinski definition) is 3. The third-order valence-electron chi connectivity index (χ3n) is 2.93. The highest BCUT2D eigenvalue weighted by Gasteiger charge is 2.13. The van der Waals surface area contributed by atoms with Crippen LogP contribution in [0.25, 0.3) is 10.9 Å². The number of benzene rings is 1. The van der Waals surface area contributed by atoms with E-state index in [2.05, 4.69) is 31.2 Å². The molecule has 1 N–H and O–H groups in total. The van der Waals surface area contributed by atoms with E-state index in [4.69, 9.17) is 11.6 Å². The summed E-state index contributed by atoms with van der Waals surface area (Å²) in [6.45, 7) is 0. The predicted molar refractivity (Wildman–Crippen MR) is 86.6 cm³/mol. The van der Waals surface area contributed by atoms with Crippen LogP contribution in [0, 0.1) is 0 Å². The van der Waals surface area contributed by atoms with Gasteiger partial charge in [0, 0.05) is 22.3 Å². The Kier molecular flexibility index (Phi) is 3.86. The Bertz CT molecular complexity index is 833. The smallest absolute Gasteiger partial charge is 0.258 e. The van der Waals surface area contributed by atoms with Gasteiger partial charge in [-0.1, -0.05) is 29.8 Å². The van der Waals surface area contributed by atoms with Crippen LogP contribution in [-0.4, -0.2) is 15.9 Å². The van der Waals surface area contributed by atoms with Crippen LogP contribution in [0.15, 0.2) is 53.3 Å². The molecule has 0 saturated carbocycles. The quantitative estimate of drug-likeness (QED) is 0.692. The molecule has 0 unspecified atom stereocenters. The van der Waals surface area contributed by atoms with Crippen LogP contribution in [0.1, 0.15) is 10.4 Å². The summed E-state index contributed by atoms with van der Waals surface area (Å²) in [5, 5.41) is 3.93. The van der Waals surface area contributed by atoms with Crippen LogP contribution in [-0.2, 0) is 0 Å². The number of fused-ring (bicyclic) bond motifs is 1. The van der Waals surface area contributed by atoms with E-state index in [1.54, 1.807) is 24.5 Å². The number of rotatable bonds is 2. The van der Waals surface area contributed by atoms with Crippen LogP contribution in [0.5, 0.6) is 0 Å². The molecular weight excluding hydrogens is 354 g/mol. The zero-order valence-corrected chi connectivity index (χ0v) is 13.0. The summed E-state index contributed by atoms with van der Waals surface area (Å²) < 4.78 is 0.688. The molecule has 0 spiro atoms. The third kappa shape index (κ3) is 2.89. The molecule has 0 aliphatic heterocycles. The van der Waals surface area contributed by atoms with E-state index < -0.39 is 0 Å². The Hall–Kier alpha value is -1.98. The Morgan fingerprint density at radius 2 is 2.00 bits per heavy atom. The second-order valence-corrected chi connectivity index (χ2v) is 5.60. The Labute approximate surface area is 134 Å². The van der Waals surface area contributed by atoms with Crippen molar-refractivity contribution in [3.63, 3.8) is 0 Å². The van der Waals surface area contributed by atoms with Gasteiger partial charge >= 0.3 is 0 Å². The average Bonchev–Trinajstić information content (AvgIpc) is 2.50. The number of carbonyl (C=O) groups excluding carboxylic acids is 1. The number of para-hydroxylation sites is 1. The molecule has 3 rings (SSSR count). The first-order valence-corrected chi connectivity index (χ1v) is 7.28. The summed E-state index contributed by atoms with van der Waals surface area (Å²) in [5.41, 5.74) is 1.67. The molecule has 0 saturated heterocycles. The highest BCUT2D eigenvalue weighted by Crippen LogP contribution is 2.23. The zero-order valence-electron chi connectivity index (χ0n) is 10.7. The van der Waals surface area contributed by atoms with Gasteiger partial charge in [0.05, 0.1) is 16.8 Å². The molecule has 4 nitrogen and oxygen atoms in total. The van der Waals surface area contributed by atoms with Gasteiger partial charge in [0.25, 0.3) is 5.91 Å². The second-order valence-electron chi connectivity index (χ2n) is 4.33. The topological polar surface area (TPSA) is 54.9 Å². The van der Waals surface area contributed by atoms with Crippen molar-refractivity contribution in [1.29, 1.82) is 0 Å². The lowest BCUT2D eigenvalue weighted by molar-refractivity contribution is 0.102. The van der Waals surface area contributed by atoms with E-state index >= 15 is 0 Å². The lowest BCUT2D eigenvalue weighted by Gasteiger charge is -2.09. The van der Waals surface area contributed by atoms with Crippen LogP contribution >= 0.6 is 27.5 Å². The van der Waals surface area contributed by atoms with Crippen LogP contribution < -0.4 is 5.32 Å². The first kappa shape index (κ1) is 14.0. The van der Waals surface area contributed by atoms with Crippen molar-refractivity contribution in [3.05, 3.63) is 64.0 Å². The SMILES string of the molecule is O=C(Nc1cccc2cccnc12)c1cc(Br)cnc1Cl. The molecule has 0 bridgehead atoms. The number of nitrogens with zero attached hydrogens (tertiary/aromatic N) is 2. The van der Waals surface area contributed by atoms with Gasteiger partial charge in [-0.3, -0.25) is 9.78 Å². The fourth-order valence-corrected chi connectivity index (χ4v) is 2.50. The largest absolute Gasteiger partial charge is 0.320 e. The molecule has 0 radical (unpaired) electrons. The van der Waals surface area contributed by atoms with Crippen molar-refractivity contribution < 1.29 is 4.79 Å². The van der Waals surface area contributed by atoms with Crippen molar-refractivity contribution in [1.82, 2.24) is 9.97 Å². The van der Waals surface area contributed by atoms with Crippen LogP contribution in [0.4, 0.5) is 5.69 Å². The standard InChI is InChI=1S/C15H9BrClN3O/c16-10-7-11(14(17)19-8-10)15(21)20-12-5-1-3-9-4-2-6-18-13(9)12/h1-8H,(H,20,21). The van der Waals surface area contributed by atoms with Gasteiger partial charge < -0.3 is 5.32 Å². The zero-order chi connectivity index (χ0) is 14.8. The van der Waals surface area contributed by atoms with E-state index in [0.29, 0.717) is 15.7 Å². The fraction of sp³-hybridized carbons (Fsp3) is 0. The van der Waals surface area contributed by atoms with Gasteiger partial charge in [-0.2, -0.15) is 0 Å². The van der Waals surface area contributed by atoms with E-state index in [1.165, 1.54) is 0 Å². The van der Waals surface area contributed by atoms with Gasteiger partial charge in [0.15, 0.2) is 0 Å². The number of halogens is 2. The number of amides is 1. The molecule has 0 aliphatic carbocycles. The number of anilines is 1. The van der Waals surface area contributed by atoms with Crippen LogP contribution in [0.2, 0.25) is 5.15 Å². The highest BCUT2D eigenvalue weighted by molar-refractivity contribution is 9.10. The molecule has 104 valence electrons. The molecule has 1 aromatic carbocycles. The van der Waals surface area contributed by atoms with E-state index in [9.17, 15) is 4.79 Å². The Balaban J connectivity index is 1.99. The molecule has 0 aliphatic rings. The average molecular weight is 363 g/mol. The summed E-state index contributed by atoms with van der Waals surface area (Å²) in [6.07, 6.45) is 3.23. The first-order valence-electron chi connectivity index (χ1n) is 6.11. The predicted octanol–water partition coefficient (Wildman–Crippen LogP) is 4.30. The van der Waals surface area contributed by atoms with Crippen molar-refractivity contribution in [2.75, 3.05) is 5.32 Å². The molecule has 21 heavy (non-hydrogen) atoms. The van der Waals surface area contributed by atoms with Crippen LogP contribution in [0.3, 0.4) is 0 Å². The molecular formula is C15H9BrClN3O. The maximum Gasteiger partial charge on any atom is 0.258 e. The first-order chi connectivity index (χ1) is 10.1. The summed E-state index contributed by atoms with van der Waals surface area (Å²) in [4.78, 5) is 20.6. The Morgan fingerprint density at radius 1 is 1.19 bits per heavy atom. The minimum Gasteiger partial charge on any atom is -0.320 e. The van der Waals surface area contributed by atoms with E-state index in [1.807, 2.05) is 24.3 Å². The third-order valence-corrected chi connectivity index (χ3v) is 3.67. The van der Waals surface area contributed by atoms with Crippen molar-refractivity contribution in [2.45, 2.75) is 0 Å². The molecule has 3 aromatic rings. The molecule has 2 heterocycles. The number of pyridine rings is 2. The van der Waals surface area contributed by atoms with E-state index in [-0.39, 0.29) is 11.1 Å². The van der Waals surface area contributed by atoms with Gasteiger partial charge in [-0.05, 0) is 34.1 Å². The second kappa shape index (κ2) is 5.79. The monoisotopic (exact) mass is 361 g/mol. The number of carbonyl (C=O) groups is 1. The minimum absolute atomic E-state index is 0.156. The maximum absolute atomic E-state index is 12.3. The van der Waals surface area contributed by atoms with Crippen molar-refractivity contribution in [2.24, 2.45) is 0 Å². The molecule has 2 aromatic heterocycles. The summed E-state index contributed by atoms with van der Waals surface area (Å²) in [5.74, 6) is -0.327. The number of aromatic nitrogens is 2. The lowest BCUT2D eigenvalue weighted by Crippen LogP contribution is -2.13. The van der Waals surface area contributed by atoms with Gasteiger partial charge in [0.1, 0.15) is 5.15 Å². The van der Waals surface area contributed by atoms with Gasteiger partial charge in [0.2, 0.25) is 0 Å². The normalized spacial score (nSPS) is 10.6. The Morgan fingerprint density at radius 3 is 2.86 bits per heavy atom. The fourth-order valence-electron chi connectivity index (χ4n) is 1.98. The highest BCUT2D eigenvalue weighted by atomic mass is 79.9. The van der Waals surface area contributed by atoms with Crippen molar-refractivity contribution in [3.8, 4) is 0 Å². The number of hydrogen-bond donors (Lipinski definition) is 1. The molecule has 1 amide bonds. The van der Waals surface area contributed by atoms with Gasteiger partial charge in [-0.25, -0.2) is 4.98 Å². The number of nitrogens with one attached hydrogen (secondary N) is 1. The van der Waals surface area contributed by atoms with Gasteiger partial charge in [-0.15, -0.1) is 0 Å². The minimum atomic E-state index is -0.327. The lowest BCUT2D eigenvalue weighted by atomic mass is 10.2. The summed E-state index contributed by atoms with van der Waals surface area (Å²) >= 11 is 9.24. The van der Waals surface area contributed by atoms with E-state index in [0.717, 1.165) is 10.9 Å². The molecule has 0 atom stereocenters. The summed E-state index contributed by atoms with van der Waals surface area (Å²) in [7, 11) is 0. The molecule has 6 heteroatoms. The summed E-state index contributed by atoms with van der Waals surface area (Å²) in [6, 6.07) is 11.0. The maximum atomic E-state index is 12.3.